The summed E-state index contributed by atoms with van der Waals surface area (Å²) in [4.78, 5) is 14.9. The molecule has 2 N–H and O–H groups in total. The molecule has 1 aromatic carbocycles. The van der Waals surface area contributed by atoms with E-state index in [2.05, 4.69) is 58.6 Å². The number of fused-ring (bicyclic) bond motifs is 1. The van der Waals surface area contributed by atoms with Gasteiger partial charge in [0.05, 0.1) is 5.52 Å². The predicted octanol–water partition coefficient (Wildman–Crippen LogP) is 3.37. The molecule has 0 radical (unpaired) electrons. The molecule has 2 aromatic rings. The van der Waals surface area contributed by atoms with Crippen LogP contribution in [0.2, 0.25) is 0 Å². The van der Waals surface area contributed by atoms with E-state index in [0.29, 0.717) is 0 Å². The minimum atomic E-state index is 0. The van der Waals surface area contributed by atoms with Crippen molar-refractivity contribution >= 4 is 47.3 Å². The predicted molar refractivity (Wildman–Crippen MR) is 116 cm³/mol. The van der Waals surface area contributed by atoms with Crippen LogP contribution in [0.3, 0.4) is 0 Å². The molecule has 1 saturated heterocycles. The second-order valence-corrected chi connectivity index (χ2v) is 7.94. The van der Waals surface area contributed by atoms with Crippen LogP contribution in [0.4, 0.5) is 5.69 Å². The highest BCUT2D eigenvalue weighted by Crippen LogP contribution is 2.58. The molecule has 1 unspecified atom stereocenters. The highest BCUT2D eigenvalue weighted by molar-refractivity contribution is 5.97. The Labute approximate surface area is 173 Å². The topological polar surface area (TPSA) is 49.3 Å². The molecule has 150 valence electrons. The number of carbonyl (C=O) groups is 1. The number of anilines is 1. The summed E-state index contributed by atoms with van der Waals surface area (Å²) in [6.45, 7) is 4.05. The third kappa shape index (κ3) is 4.60. The second-order valence-electron chi connectivity index (χ2n) is 7.94. The smallest absolute Gasteiger partial charge is 0.228 e. The zero-order valence-corrected chi connectivity index (χ0v) is 17.7. The standard InChI is InChI=1S/C20H28N4O.2ClH/c1-23(2)11-12-24-10-5-15-3-4-16(13-18(15)24)22-19(25)17-14-20(17)6-8-21-9-7-20;;/h3-5,10,13,17,21H,6-9,11-12,14H2,1-2H3,(H,22,25);2*1H. The van der Waals surface area contributed by atoms with Gasteiger partial charge in [0.2, 0.25) is 5.91 Å². The highest BCUT2D eigenvalue weighted by atomic mass is 35.5. The average molecular weight is 413 g/mol. The Morgan fingerprint density at radius 3 is 2.70 bits per heavy atom. The van der Waals surface area contributed by atoms with Crippen LogP contribution in [-0.2, 0) is 11.3 Å². The first-order valence-electron chi connectivity index (χ1n) is 9.33. The highest BCUT2D eigenvalue weighted by Gasteiger charge is 2.57. The number of nitrogens with zero attached hydrogens (tertiary/aromatic N) is 2. The van der Waals surface area contributed by atoms with Crippen LogP contribution < -0.4 is 10.6 Å². The van der Waals surface area contributed by atoms with Gasteiger partial charge in [-0.05, 0) is 75.4 Å². The second kappa shape index (κ2) is 8.82. The monoisotopic (exact) mass is 412 g/mol. The number of hydrogen-bond acceptors (Lipinski definition) is 3. The largest absolute Gasteiger partial charge is 0.346 e. The molecule has 27 heavy (non-hydrogen) atoms. The molecule has 2 heterocycles. The number of rotatable bonds is 5. The van der Waals surface area contributed by atoms with E-state index in [1.54, 1.807) is 0 Å². The molecule has 2 fully saturated rings. The van der Waals surface area contributed by atoms with Crippen LogP contribution >= 0.6 is 24.8 Å². The summed E-state index contributed by atoms with van der Waals surface area (Å²) in [7, 11) is 4.17. The number of amides is 1. The van der Waals surface area contributed by atoms with E-state index in [0.717, 1.165) is 51.1 Å². The van der Waals surface area contributed by atoms with Gasteiger partial charge in [0, 0.05) is 30.9 Å². The van der Waals surface area contributed by atoms with Crippen molar-refractivity contribution in [3.05, 3.63) is 30.5 Å². The Morgan fingerprint density at radius 1 is 1.26 bits per heavy atom. The van der Waals surface area contributed by atoms with Gasteiger partial charge in [0.1, 0.15) is 0 Å². The molecule has 1 aromatic heterocycles. The van der Waals surface area contributed by atoms with Crippen LogP contribution in [0, 0.1) is 11.3 Å². The molecule has 1 amide bonds. The number of carbonyl (C=O) groups excluding carboxylic acids is 1. The Bertz CT molecular complexity index is 783. The summed E-state index contributed by atoms with van der Waals surface area (Å²) in [6, 6.07) is 8.38. The number of benzene rings is 1. The molecular weight excluding hydrogens is 383 g/mol. The lowest BCUT2D eigenvalue weighted by atomic mass is 9.92. The normalized spacial score (nSPS) is 20.2. The quantitative estimate of drug-likeness (QED) is 0.790. The summed E-state index contributed by atoms with van der Waals surface area (Å²) in [5.41, 5.74) is 2.39. The molecular formula is C20H30Cl2N4O. The van der Waals surface area contributed by atoms with Gasteiger partial charge < -0.3 is 20.1 Å². The zero-order valence-electron chi connectivity index (χ0n) is 16.0. The van der Waals surface area contributed by atoms with E-state index in [4.69, 9.17) is 0 Å². The zero-order chi connectivity index (χ0) is 17.4. The fourth-order valence-corrected chi connectivity index (χ4v) is 4.19. The van der Waals surface area contributed by atoms with Gasteiger partial charge in [-0.2, -0.15) is 0 Å². The van der Waals surface area contributed by atoms with E-state index in [-0.39, 0.29) is 42.1 Å². The molecule has 1 atom stereocenters. The van der Waals surface area contributed by atoms with Gasteiger partial charge in [-0.3, -0.25) is 4.79 Å². The molecule has 7 heteroatoms. The molecule has 0 bridgehead atoms. The summed E-state index contributed by atoms with van der Waals surface area (Å²) in [5, 5.41) is 7.78. The van der Waals surface area contributed by atoms with E-state index in [1.807, 2.05) is 6.07 Å². The van der Waals surface area contributed by atoms with E-state index < -0.39 is 0 Å². The minimum absolute atomic E-state index is 0. The van der Waals surface area contributed by atoms with Crippen molar-refractivity contribution in [3.8, 4) is 0 Å². The maximum Gasteiger partial charge on any atom is 0.228 e. The number of aromatic nitrogens is 1. The van der Waals surface area contributed by atoms with Crippen molar-refractivity contribution in [1.82, 2.24) is 14.8 Å². The Hall–Kier alpha value is -1.27. The van der Waals surface area contributed by atoms with E-state index in [9.17, 15) is 4.79 Å². The Balaban J connectivity index is 0.00000131. The van der Waals surface area contributed by atoms with Crippen molar-refractivity contribution < 1.29 is 4.79 Å². The van der Waals surface area contributed by atoms with Gasteiger partial charge in [-0.15, -0.1) is 24.8 Å². The third-order valence-electron chi connectivity index (χ3n) is 5.94. The fourth-order valence-electron chi connectivity index (χ4n) is 4.19. The first-order chi connectivity index (χ1) is 12.1. The van der Waals surface area contributed by atoms with Crippen molar-refractivity contribution in [2.75, 3.05) is 39.0 Å². The molecule has 1 spiro atoms. The van der Waals surface area contributed by atoms with Gasteiger partial charge >= 0.3 is 0 Å². The van der Waals surface area contributed by atoms with Crippen molar-refractivity contribution in [3.63, 3.8) is 0 Å². The van der Waals surface area contributed by atoms with Gasteiger partial charge in [-0.1, -0.05) is 6.07 Å². The van der Waals surface area contributed by atoms with Crippen LogP contribution in [0.1, 0.15) is 19.3 Å². The summed E-state index contributed by atoms with van der Waals surface area (Å²) in [5.74, 6) is 0.401. The molecule has 1 aliphatic heterocycles. The van der Waals surface area contributed by atoms with Gasteiger partial charge in [0.15, 0.2) is 0 Å². The van der Waals surface area contributed by atoms with Crippen molar-refractivity contribution in [1.29, 1.82) is 0 Å². The third-order valence-corrected chi connectivity index (χ3v) is 5.94. The van der Waals surface area contributed by atoms with Crippen molar-refractivity contribution in [2.24, 2.45) is 11.3 Å². The Kier molecular flexibility index (Phi) is 7.20. The lowest BCUT2D eigenvalue weighted by Gasteiger charge is -2.23. The van der Waals surface area contributed by atoms with E-state index >= 15 is 0 Å². The number of nitrogens with one attached hydrogen (secondary N) is 2. The lowest BCUT2D eigenvalue weighted by molar-refractivity contribution is -0.118. The first-order valence-corrected chi connectivity index (χ1v) is 9.33. The van der Waals surface area contributed by atoms with Crippen LogP contribution in [0.5, 0.6) is 0 Å². The van der Waals surface area contributed by atoms with Crippen molar-refractivity contribution in [2.45, 2.75) is 25.8 Å². The lowest BCUT2D eigenvalue weighted by Crippen LogP contribution is -2.31. The summed E-state index contributed by atoms with van der Waals surface area (Å²) in [6.07, 6.45) is 5.46. The maximum atomic E-state index is 12.7. The minimum Gasteiger partial charge on any atom is -0.346 e. The maximum absolute atomic E-state index is 12.7. The van der Waals surface area contributed by atoms with Crippen LogP contribution in [0.15, 0.2) is 30.5 Å². The first kappa shape index (κ1) is 22.0. The van der Waals surface area contributed by atoms with Crippen LogP contribution in [-0.4, -0.2) is 49.1 Å². The number of piperidine rings is 1. The number of halogens is 2. The summed E-state index contributed by atoms with van der Waals surface area (Å²) < 4.78 is 2.26. The fraction of sp³-hybridized carbons (Fsp3) is 0.550. The number of hydrogen-bond donors (Lipinski definition) is 2. The van der Waals surface area contributed by atoms with Crippen LogP contribution in [0.25, 0.3) is 10.9 Å². The molecule has 1 aliphatic carbocycles. The van der Waals surface area contributed by atoms with Gasteiger partial charge in [-0.25, -0.2) is 0 Å². The molecule has 1 saturated carbocycles. The Morgan fingerprint density at radius 2 is 2.00 bits per heavy atom. The average Bonchev–Trinajstić information content (AvgIpc) is 3.13. The number of likely N-dealkylation sites (N-methyl/N-ethyl adjacent to an activating group) is 1. The molecule has 5 nitrogen and oxygen atoms in total. The van der Waals surface area contributed by atoms with E-state index in [1.165, 1.54) is 10.9 Å². The molecule has 2 aliphatic rings. The summed E-state index contributed by atoms with van der Waals surface area (Å²) >= 11 is 0. The SMILES string of the molecule is CN(C)CCn1ccc2ccc(NC(=O)C3CC34CCNCC4)cc21.Cl.Cl. The van der Waals surface area contributed by atoms with Gasteiger partial charge in [0.25, 0.3) is 0 Å². The molecule has 4 rings (SSSR count).